The molecule has 18 heavy (non-hydrogen) atoms. The van der Waals surface area contributed by atoms with E-state index in [-0.39, 0.29) is 5.91 Å². The fourth-order valence-electron chi connectivity index (χ4n) is 1.64. The van der Waals surface area contributed by atoms with Crippen molar-refractivity contribution in [3.05, 3.63) is 35.4 Å². The van der Waals surface area contributed by atoms with Crippen LogP contribution in [0.1, 0.15) is 49.0 Å². The first kappa shape index (κ1) is 14.7. The van der Waals surface area contributed by atoms with E-state index in [2.05, 4.69) is 19.2 Å². The average Bonchev–Trinajstić information content (AvgIpc) is 2.38. The quantitative estimate of drug-likeness (QED) is 0.754. The predicted octanol–water partition coefficient (Wildman–Crippen LogP) is 2.97. The van der Waals surface area contributed by atoms with Crippen LogP contribution in [0.3, 0.4) is 0 Å². The van der Waals surface area contributed by atoms with Gasteiger partial charge in [-0.15, -0.1) is 0 Å². The fourth-order valence-corrected chi connectivity index (χ4v) is 1.64. The van der Waals surface area contributed by atoms with E-state index in [1.165, 1.54) is 5.56 Å². The Morgan fingerprint density at radius 3 is 2.50 bits per heavy atom. The van der Waals surface area contributed by atoms with Gasteiger partial charge in [-0.1, -0.05) is 26.0 Å². The lowest BCUT2D eigenvalue weighted by Crippen LogP contribution is -2.25. The van der Waals surface area contributed by atoms with Crippen LogP contribution in [0.4, 0.5) is 0 Å². The van der Waals surface area contributed by atoms with E-state index in [1.807, 2.05) is 31.2 Å². The van der Waals surface area contributed by atoms with Gasteiger partial charge in [0.1, 0.15) is 0 Å². The van der Waals surface area contributed by atoms with Crippen LogP contribution in [0, 0.1) is 0 Å². The van der Waals surface area contributed by atoms with Crippen molar-refractivity contribution in [2.24, 2.45) is 0 Å². The van der Waals surface area contributed by atoms with Crippen molar-refractivity contribution in [1.82, 2.24) is 5.32 Å². The summed E-state index contributed by atoms with van der Waals surface area (Å²) in [7, 11) is 0. The monoisotopic (exact) mass is 249 g/mol. The van der Waals surface area contributed by atoms with Crippen LogP contribution in [0.25, 0.3) is 0 Å². The van der Waals surface area contributed by atoms with Crippen LogP contribution in [-0.4, -0.2) is 25.7 Å². The van der Waals surface area contributed by atoms with Gasteiger partial charge in [0.25, 0.3) is 5.91 Å². The SMILES string of the molecule is CCOCCCNC(=O)c1ccc(C(C)C)cc1. The molecule has 0 aliphatic carbocycles. The molecule has 0 aliphatic heterocycles. The molecule has 0 saturated heterocycles. The molecule has 0 saturated carbocycles. The molecule has 0 spiro atoms. The minimum absolute atomic E-state index is 0.0122. The summed E-state index contributed by atoms with van der Waals surface area (Å²) < 4.78 is 5.21. The zero-order valence-electron chi connectivity index (χ0n) is 11.5. The Morgan fingerprint density at radius 1 is 1.28 bits per heavy atom. The number of hydrogen-bond donors (Lipinski definition) is 1. The summed E-state index contributed by atoms with van der Waals surface area (Å²) in [5, 5.41) is 2.89. The highest BCUT2D eigenvalue weighted by Gasteiger charge is 2.05. The van der Waals surface area contributed by atoms with Crippen molar-refractivity contribution < 1.29 is 9.53 Å². The van der Waals surface area contributed by atoms with Gasteiger partial charge >= 0.3 is 0 Å². The minimum Gasteiger partial charge on any atom is -0.382 e. The summed E-state index contributed by atoms with van der Waals surface area (Å²) in [5.41, 5.74) is 1.97. The summed E-state index contributed by atoms with van der Waals surface area (Å²) in [6, 6.07) is 7.79. The Bertz CT molecular complexity index is 357. The maximum Gasteiger partial charge on any atom is 0.251 e. The number of benzene rings is 1. The molecule has 1 aromatic carbocycles. The zero-order valence-corrected chi connectivity index (χ0v) is 11.5. The molecule has 3 heteroatoms. The van der Waals surface area contributed by atoms with Crippen LogP contribution in [0.5, 0.6) is 0 Å². The third kappa shape index (κ3) is 4.88. The molecular formula is C15H23NO2. The first-order chi connectivity index (χ1) is 8.65. The fraction of sp³-hybridized carbons (Fsp3) is 0.533. The second-order valence-electron chi connectivity index (χ2n) is 4.58. The van der Waals surface area contributed by atoms with Crippen molar-refractivity contribution in [2.45, 2.75) is 33.1 Å². The van der Waals surface area contributed by atoms with Gasteiger partial charge in [-0.05, 0) is 37.0 Å². The summed E-state index contributed by atoms with van der Waals surface area (Å²) >= 11 is 0. The third-order valence-corrected chi connectivity index (χ3v) is 2.79. The predicted molar refractivity (Wildman–Crippen MR) is 74.0 cm³/mol. The van der Waals surface area contributed by atoms with Gasteiger partial charge in [0.2, 0.25) is 0 Å². The Morgan fingerprint density at radius 2 is 1.94 bits per heavy atom. The Balaban J connectivity index is 2.37. The van der Waals surface area contributed by atoms with E-state index in [1.54, 1.807) is 0 Å². The lowest BCUT2D eigenvalue weighted by atomic mass is 10.0. The standard InChI is InChI=1S/C15H23NO2/c1-4-18-11-5-10-16-15(17)14-8-6-13(7-9-14)12(2)3/h6-9,12H,4-5,10-11H2,1-3H3,(H,16,17). The summed E-state index contributed by atoms with van der Waals surface area (Å²) in [6.07, 6.45) is 0.851. The number of carbonyl (C=O) groups is 1. The molecule has 0 atom stereocenters. The maximum absolute atomic E-state index is 11.8. The van der Waals surface area contributed by atoms with Crippen LogP contribution in [-0.2, 0) is 4.74 Å². The molecule has 100 valence electrons. The van der Waals surface area contributed by atoms with Crippen molar-refractivity contribution >= 4 is 5.91 Å². The number of ether oxygens (including phenoxy) is 1. The van der Waals surface area contributed by atoms with Gasteiger partial charge in [-0.3, -0.25) is 4.79 Å². The topological polar surface area (TPSA) is 38.3 Å². The van der Waals surface area contributed by atoms with Gasteiger partial charge in [0, 0.05) is 25.3 Å². The normalized spacial score (nSPS) is 10.7. The number of nitrogens with one attached hydrogen (secondary N) is 1. The number of rotatable bonds is 7. The highest BCUT2D eigenvalue weighted by molar-refractivity contribution is 5.94. The average molecular weight is 249 g/mol. The van der Waals surface area contributed by atoms with E-state index in [0.717, 1.165) is 18.6 Å². The van der Waals surface area contributed by atoms with Gasteiger partial charge in [0.05, 0.1) is 0 Å². The molecule has 0 bridgehead atoms. The Labute approximate surface area is 110 Å². The first-order valence-electron chi connectivity index (χ1n) is 6.61. The molecule has 1 rings (SSSR count). The molecule has 3 nitrogen and oxygen atoms in total. The summed E-state index contributed by atoms with van der Waals surface area (Å²) in [5.74, 6) is 0.482. The zero-order chi connectivity index (χ0) is 13.4. The van der Waals surface area contributed by atoms with Crippen molar-refractivity contribution in [1.29, 1.82) is 0 Å². The van der Waals surface area contributed by atoms with E-state index in [0.29, 0.717) is 19.1 Å². The Hall–Kier alpha value is -1.35. The van der Waals surface area contributed by atoms with Gasteiger partial charge in [0.15, 0.2) is 0 Å². The molecule has 0 unspecified atom stereocenters. The van der Waals surface area contributed by atoms with Gasteiger partial charge in [-0.25, -0.2) is 0 Å². The smallest absolute Gasteiger partial charge is 0.251 e. The minimum atomic E-state index is -0.0122. The molecule has 0 fully saturated rings. The van der Waals surface area contributed by atoms with Crippen LogP contribution in [0.15, 0.2) is 24.3 Å². The molecule has 0 aromatic heterocycles. The van der Waals surface area contributed by atoms with Crippen LogP contribution >= 0.6 is 0 Å². The Kier molecular flexibility index (Phi) is 6.44. The van der Waals surface area contributed by atoms with Crippen molar-refractivity contribution in [3.8, 4) is 0 Å². The lowest BCUT2D eigenvalue weighted by molar-refractivity contribution is 0.0944. The van der Waals surface area contributed by atoms with E-state index >= 15 is 0 Å². The lowest BCUT2D eigenvalue weighted by Gasteiger charge is -2.08. The molecular weight excluding hydrogens is 226 g/mol. The summed E-state index contributed by atoms with van der Waals surface area (Å²) in [4.78, 5) is 11.8. The number of hydrogen-bond acceptors (Lipinski definition) is 2. The highest BCUT2D eigenvalue weighted by atomic mass is 16.5. The highest BCUT2D eigenvalue weighted by Crippen LogP contribution is 2.14. The largest absolute Gasteiger partial charge is 0.382 e. The first-order valence-corrected chi connectivity index (χ1v) is 6.61. The number of carbonyl (C=O) groups excluding carboxylic acids is 1. The molecule has 0 heterocycles. The molecule has 1 amide bonds. The second-order valence-corrected chi connectivity index (χ2v) is 4.58. The van der Waals surface area contributed by atoms with E-state index in [4.69, 9.17) is 4.74 Å². The maximum atomic E-state index is 11.8. The van der Waals surface area contributed by atoms with Crippen LogP contribution < -0.4 is 5.32 Å². The molecule has 0 aliphatic rings. The molecule has 0 radical (unpaired) electrons. The van der Waals surface area contributed by atoms with Crippen molar-refractivity contribution in [3.63, 3.8) is 0 Å². The van der Waals surface area contributed by atoms with Gasteiger partial charge in [-0.2, -0.15) is 0 Å². The number of amides is 1. The van der Waals surface area contributed by atoms with Crippen LogP contribution in [0.2, 0.25) is 0 Å². The van der Waals surface area contributed by atoms with E-state index < -0.39 is 0 Å². The molecule has 1 aromatic rings. The molecule has 1 N–H and O–H groups in total. The summed E-state index contributed by atoms with van der Waals surface area (Å²) in [6.45, 7) is 8.33. The van der Waals surface area contributed by atoms with E-state index in [9.17, 15) is 4.79 Å². The van der Waals surface area contributed by atoms with Crippen molar-refractivity contribution in [2.75, 3.05) is 19.8 Å². The second kappa shape index (κ2) is 7.88. The third-order valence-electron chi connectivity index (χ3n) is 2.79. The van der Waals surface area contributed by atoms with Gasteiger partial charge < -0.3 is 10.1 Å².